The molecule has 0 bridgehead atoms. The van der Waals surface area contributed by atoms with Crippen LogP contribution in [0.25, 0.3) is 0 Å². The van der Waals surface area contributed by atoms with Crippen LogP contribution in [0, 0.1) is 5.92 Å². The van der Waals surface area contributed by atoms with E-state index in [9.17, 15) is 18.3 Å². The quantitative estimate of drug-likeness (QED) is 0.817. The average molecular weight is 329 g/mol. The average Bonchev–Trinajstić information content (AvgIpc) is 2.48. The number of nitrogens with zero attached hydrogens (tertiary/aromatic N) is 1. The molecule has 22 heavy (non-hydrogen) atoms. The second-order valence-corrected chi connectivity index (χ2v) is 7.01. The van der Waals surface area contributed by atoms with Crippen molar-refractivity contribution in [2.45, 2.75) is 24.3 Å². The Balaban J connectivity index is 2.20. The van der Waals surface area contributed by atoms with E-state index in [1.807, 2.05) is 6.92 Å². The molecule has 1 aromatic rings. The number of aliphatic hydroxyl groups is 1. The molecule has 0 aliphatic carbocycles. The third-order valence-corrected chi connectivity index (χ3v) is 5.51. The number of ether oxygens (including phenoxy) is 1. The van der Waals surface area contributed by atoms with E-state index in [0.29, 0.717) is 12.4 Å². The molecule has 2 unspecified atom stereocenters. The molecular formula is C14H19NO6S. The van der Waals surface area contributed by atoms with Crippen molar-refractivity contribution in [2.24, 2.45) is 5.92 Å². The van der Waals surface area contributed by atoms with Crippen LogP contribution in [0.1, 0.15) is 13.3 Å². The van der Waals surface area contributed by atoms with Crippen molar-refractivity contribution in [1.29, 1.82) is 0 Å². The molecule has 0 aromatic heterocycles. The van der Waals surface area contributed by atoms with Crippen molar-refractivity contribution in [1.82, 2.24) is 4.31 Å². The van der Waals surface area contributed by atoms with Gasteiger partial charge >= 0.3 is 5.97 Å². The number of aliphatic hydroxyl groups excluding tert-OH is 1. The van der Waals surface area contributed by atoms with E-state index in [4.69, 9.17) is 9.84 Å². The fourth-order valence-corrected chi connectivity index (χ4v) is 3.88. The van der Waals surface area contributed by atoms with Crippen LogP contribution in [0.15, 0.2) is 29.2 Å². The fourth-order valence-electron chi connectivity index (χ4n) is 2.39. The minimum absolute atomic E-state index is 0.0801. The summed E-state index contributed by atoms with van der Waals surface area (Å²) in [4.78, 5) is 11.2. The smallest absolute Gasteiger partial charge is 0.310 e. The van der Waals surface area contributed by atoms with Gasteiger partial charge < -0.3 is 14.9 Å². The zero-order valence-electron chi connectivity index (χ0n) is 12.2. The summed E-state index contributed by atoms with van der Waals surface area (Å²) in [6.45, 7) is 2.18. The number of carboxylic acids is 1. The number of rotatable bonds is 5. The van der Waals surface area contributed by atoms with E-state index in [0.717, 1.165) is 4.31 Å². The van der Waals surface area contributed by atoms with Crippen LogP contribution in [0.3, 0.4) is 0 Å². The van der Waals surface area contributed by atoms with Crippen LogP contribution >= 0.6 is 0 Å². The monoisotopic (exact) mass is 329 g/mol. The molecular weight excluding hydrogens is 310 g/mol. The molecule has 1 aliphatic heterocycles. The summed E-state index contributed by atoms with van der Waals surface area (Å²) in [5.41, 5.74) is 0. The molecule has 0 spiro atoms. The zero-order chi connectivity index (χ0) is 16.3. The maximum atomic E-state index is 12.5. The SMILES string of the molecule is CCOc1ccc(S(=O)(=O)N2CCC(O)C(C(=O)O)C2)cc1. The van der Waals surface area contributed by atoms with Gasteiger partial charge in [-0.1, -0.05) is 0 Å². The minimum Gasteiger partial charge on any atom is -0.494 e. The second-order valence-electron chi connectivity index (χ2n) is 5.07. The Bertz CT molecular complexity index is 627. The number of aliphatic carboxylic acids is 1. The molecule has 0 radical (unpaired) electrons. The number of hydrogen-bond donors (Lipinski definition) is 2. The van der Waals surface area contributed by atoms with E-state index in [2.05, 4.69) is 0 Å². The third kappa shape index (κ3) is 3.40. The van der Waals surface area contributed by atoms with Gasteiger partial charge in [0, 0.05) is 13.1 Å². The van der Waals surface area contributed by atoms with E-state index in [1.54, 1.807) is 12.1 Å². The largest absolute Gasteiger partial charge is 0.494 e. The summed E-state index contributed by atoms with van der Waals surface area (Å²) >= 11 is 0. The molecule has 2 atom stereocenters. The Morgan fingerprint density at radius 1 is 1.36 bits per heavy atom. The van der Waals surface area contributed by atoms with Crippen molar-refractivity contribution >= 4 is 16.0 Å². The van der Waals surface area contributed by atoms with E-state index < -0.39 is 28.0 Å². The molecule has 8 heteroatoms. The third-order valence-electron chi connectivity index (χ3n) is 3.63. The molecule has 1 heterocycles. The number of benzene rings is 1. The fraction of sp³-hybridized carbons (Fsp3) is 0.500. The molecule has 0 saturated carbocycles. The first-order valence-electron chi connectivity index (χ1n) is 7.00. The first kappa shape index (κ1) is 16.7. The molecule has 1 fully saturated rings. The van der Waals surface area contributed by atoms with Crippen LogP contribution in [-0.2, 0) is 14.8 Å². The van der Waals surface area contributed by atoms with Crippen molar-refractivity contribution in [3.8, 4) is 5.75 Å². The number of sulfonamides is 1. The molecule has 2 N–H and O–H groups in total. The zero-order valence-corrected chi connectivity index (χ0v) is 13.0. The lowest BCUT2D eigenvalue weighted by molar-refractivity contribution is -0.147. The lowest BCUT2D eigenvalue weighted by Gasteiger charge is -2.33. The van der Waals surface area contributed by atoms with E-state index >= 15 is 0 Å². The summed E-state index contributed by atoms with van der Waals surface area (Å²) in [6, 6.07) is 5.98. The van der Waals surface area contributed by atoms with Crippen LogP contribution in [0.2, 0.25) is 0 Å². The van der Waals surface area contributed by atoms with Crippen molar-refractivity contribution in [3.05, 3.63) is 24.3 Å². The Morgan fingerprint density at radius 3 is 2.55 bits per heavy atom. The lowest BCUT2D eigenvalue weighted by atomic mass is 9.96. The Morgan fingerprint density at radius 2 is 2.00 bits per heavy atom. The number of carboxylic acid groups (broad SMARTS) is 1. The standard InChI is InChI=1S/C14H19NO6S/c1-2-21-10-3-5-11(6-4-10)22(19,20)15-8-7-13(16)12(9-15)14(17)18/h3-6,12-13,16H,2,7-9H2,1H3,(H,17,18). The van der Waals surface area contributed by atoms with Gasteiger partial charge in [-0.15, -0.1) is 0 Å². The molecule has 2 rings (SSSR count). The highest BCUT2D eigenvalue weighted by Crippen LogP contribution is 2.25. The van der Waals surface area contributed by atoms with Crippen LogP contribution < -0.4 is 4.74 Å². The van der Waals surface area contributed by atoms with E-state index in [1.165, 1.54) is 12.1 Å². The molecule has 1 aliphatic rings. The van der Waals surface area contributed by atoms with Crippen molar-refractivity contribution in [3.63, 3.8) is 0 Å². The highest BCUT2D eigenvalue weighted by atomic mass is 32.2. The van der Waals surface area contributed by atoms with Gasteiger partial charge in [0.25, 0.3) is 0 Å². The van der Waals surface area contributed by atoms with Gasteiger partial charge in [0.15, 0.2) is 0 Å². The van der Waals surface area contributed by atoms with Crippen molar-refractivity contribution in [2.75, 3.05) is 19.7 Å². The molecule has 122 valence electrons. The topological polar surface area (TPSA) is 104 Å². The van der Waals surface area contributed by atoms with Gasteiger partial charge in [0.1, 0.15) is 5.75 Å². The molecule has 1 saturated heterocycles. The first-order chi connectivity index (χ1) is 10.4. The Hall–Kier alpha value is -1.64. The maximum absolute atomic E-state index is 12.5. The van der Waals surface area contributed by atoms with Gasteiger partial charge in [-0.05, 0) is 37.6 Å². The summed E-state index contributed by atoms with van der Waals surface area (Å²) in [7, 11) is -3.78. The molecule has 1 aromatic carbocycles. The number of piperidine rings is 1. The van der Waals surface area contributed by atoms with Crippen LogP contribution in [0.4, 0.5) is 0 Å². The summed E-state index contributed by atoms with van der Waals surface area (Å²) < 4.78 is 31.5. The lowest BCUT2D eigenvalue weighted by Crippen LogP contribution is -2.48. The predicted molar refractivity (Wildman–Crippen MR) is 78.1 cm³/mol. The second kappa shape index (κ2) is 6.64. The summed E-state index contributed by atoms with van der Waals surface area (Å²) in [5, 5.41) is 18.7. The number of hydrogen-bond acceptors (Lipinski definition) is 5. The van der Waals surface area contributed by atoms with Gasteiger partial charge in [-0.25, -0.2) is 8.42 Å². The molecule has 0 amide bonds. The van der Waals surface area contributed by atoms with Crippen molar-refractivity contribution < 1.29 is 28.2 Å². The Labute approximate surface area is 129 Å². The van der Waals surface area contributed by atoms with Gasteiger partial charge in [-0.2, -0.15) is 4.31 Å². The Kier molecular flexibility index (Phi) is 5.05. The molecule has 7 nitrogen and oxygen atoms in total. The maximum Gasteiger partial charge on any atom is 0.310 e. The highest BCUT2D eigenvalue weighted by Gasteiger charge is 2.38. The summed E-state index contributed by atoms with van der Waals surface area (Å²) in [5.74, 6) is -1.73. The predicted octanol–water partition coefficient (Wildman–Crippen LogP) is 0.541. The number of carbonyl (C=O) groups is 1. The summed E-state index contributed by atoms with van der Waals surface area (Å²) in [6.07, 6.45) is -0.919. The minimum atomic E-state index is -3.78. The van der Waals surface area contributed by atoms with Crippen LogP contribution in [0.5, 0.6) is 5.75 Å². The van der Waals surface area contributed by atoms with Gasteiger partial charge in [-0.3, -0.25) is 4.79 Å². The normalized spacial score (nSPS) is 23.2. The van der Waals surface area contributed by atoms with Crippen LogP contribution in [-0.4, -0.2) is 54.7 Å². The van der Waals surface area contributed by atoms with Gasteiger partial charge in [0.05, 0.1) is 23.5 Å². The van der Waals surface area contributed by atoms with E-state index in [-0.39, 0.29) is 24.4 Å². The first-order valence-corrected chi connectivity index (χ1v) is 8.44. The van der Waals surface area contributed by atoms with Gasteiger partial charge in [0.2, 0.25) is 10.0 Å². The highest BCUT2D eigenvalue weighted by molar-refractivity contribution is 7.89.